The summed E-state index contributed by atoms with van der Waals surface area (Å²) >= 11 is 6.12. The van der Waals surface area contributed by atoms with Gasteiger partial charge >= 0.3 is 0 Å². The Labute approximate surface area is 125 Å². The molecule has 1 unspecified atom stereocenters. The third-order valence-electron chi connectivity index (χ3n) is 3.04. The van der Waals surface area contributed by atoms with Crippen LogP contribution in [0.15, 0.2) is 42.5 Å². The standard InChI is InChI=1S/C17H20ClNO/c1-11(2)20-16-7-5-4-6-15(16)17(19)13-8-12(3)9-14(18)10-13/h4-11,17H,19H2,1-3H3. The van der Waals surface area contributed by atoms with Crippen molar-refractivity contribution in [3.8, 4) is 5.75 Å². The number of aryl methyl sites for hydroxylation is 1. The fourth-order valence-corrected chi connectivity index (χ4v) is 2.52. The molecule has 2 rings (SSSR count). The first kappa shape index (κ1) is 14.9. The summed E-state index contributed by atoms with van der Waals surface area (Å²) in [5.41, 5.74) is 9.46. The molecule has 3 heteroatoms. The van der Waals surface area contributed by atoms with Gasteiger partial charge in [-0.1, -0.05) is 35.9 Å². The Morgan fingerprint density at radius 3 is 2.45 bits per heavy atom. The van der Waals surface area contributed by atoms with Gasteiger partial charge in [0.2, 0.25) is 0 Å². The summed E-state index contributed by atoms with van der Waals surface area (Å²) in [4.78, 5) is 0. The Hall–Kier alpha value is -1.51. The van der Waals surface area contributed by atoms with Crippen molar-refractivity contribution in [1.29, 1.82) is 0 Å². The maximum absolute atomic E-state index is 6.39. The van der Waals surface area contributed by atoms with Gasteiger partial charge in [0.25, 0.3) is 0 Å². The summed E-state index contributed by atoms with van der Waals surface area (Å²) in [6.07, 6.45) is 0.115. The fourth-order valence-electron chi connectivity index (χ4n) is 2.22. The topological polar surface area (TPSA) is 35.2 Å². The molecule has 0 amide bonds. The number of halogens is 1. The smallest absolute Gasteiger partial charge is 0.124 e. The predicted octanol–water partition coefficient (Wildman–Crippen LogP) is 4.48. The van der Waals surface area contributed by atoms with E-state index in [9.17, 15) is 0 Å². The van der Waals surface area contributed by atoms with Crippen molar-refractivity contribution in [2.75, 3.05) is 0 Å². The van der Waals surface area contributed by atoms with Crippen molar-refractivity contribution < 1.29 is 4.74 Å². The summed E-state index contributed by atoms with van der Waals surface area (Å²) in [6.45, 7) is 6.02. The maximum Gasteiger partial charge on any atom is 0.124 e. The van der Waals surface area contributed by atoms with Crippen LogP contribution in [-0.2, 0) is 0 Å². The van der Waals surface area contributed by atoms with Gasteiger partial charge in [0.15, 0.2) is 0 Å². The highest BCUT2D eigenvalue weighted by Crippen LogP contribution is 2.30. The monoisotopic (exact) mass is 289 g/mol. The first-order chi connectivity index (χ1) is 9.47. The summed E-state index contributed by atoms with van der Waals surface area (Å²) < 4.78 is 5.84. The van der Waals surface area contributed by atoms with Crippen molar-refractivity contribution in [3.05, 3.63) is 64.2 Å². The SMILES string of the molecule is Cc1cc(Cl)cc(C(N)c2ccccc2OC(C)C)c1. The van der Waals surface area contributed by atoms with Crippen molar-refractivity contribution >= 4 is 11.6 Å². The van der Waals surface area contributed by atoms with E-state index in [4.69, 9.17) is 22.1 Å². The average Bonchev–Trinajstić information content (AvgIpc) is 2.36. The van der Waals surface area contributed by atoms with Crippen LogP contribution in [-0.4, -0.2) is 6.10 Å². The number of nitrogens with two attached hydrogens (primary N) is 1. The summed E-state index contributed by atoms with van der Waals surface area (Å²) in [7, 11) is 0. The second-order valence-electron chi connectivity index (χ2n) is 5.24. The third kappa shape index (κ3) is 3.53. The molecule has 0 bridgehead atoms. The van der Waals surface area contributed by atoms with Crippen LogP contribution in [0.5, 0.6) is 5.75 Å². The van der Waals surface area contributed by atoms with Gasteiger partial charge < -0.3 is 10.5 Å². The van der Waals surface area contributed by atoms with E-state index in [2.05, 4.69) is 6.07 Å². The lowest BCUT2D eigenvalue weighted by Gasteiger charge is -2.19. The Morgan fingerprint density at radius 2 is 1.80 bits per heavy atom. The summed E-state index contributed by atoms with van der Waals surface area (Å²) in [5.74, 6) is 0.827. The predicted molar refractivity (Wildman–Crippen MR) is 84.4 cm³/mol. The second kappa shape index (κ2) is 6.29. The van der Waals surface area contributed by atoms with Gasteiger partial charge in [-0.3, -0.25) is 0 Å². The van der Waals surface area contributed by atoms with Crippen LogP contribution in [0.1, 0.15) is 36.6 Å². The molecule has 0 aliphatic heterocycles. The second-order valence-corrected chi connectivity index (χ2v) is 5.68. The number of rotatable bonds is 4. The third-order valence-corrected chi connectivity index (χ3v) is 3.26. The largest absolute Gasteiger partial charge is 0.491 e. The highest BCUT2D eigenvalue weighted by molar-refractivity contribution is 6.30. The van der Waals surface area contributed by atoms with Gasteiger partial charge in [0.05, 0.1) is 12.1 Å². The van der Waals surface area contributed by atoms with Gasteiger partial charge in [-0.05, 0) is 50.1 Å². The van der Waals surface area contributed by atoms with E-state index in [1.807, 2.05) is 57.2 Å². The highest BCUT2D eigenvalue weighted by atomic mass is 35.5. The number of hydrogen-bond acceptors (Lipinski definition) is 2. The zero-order chi connectivity index (χ0) is 14.7. The van der Waals surface area contributed by atoms with E-state index in [1.165, 1.54) is 0 Å². The van der Waals surface area contributed by atoms with Crippen molar-refractivity contribution in [2.24, 2.45) is 5.73 Å². The zero-order valence-corrected chi connectivity index (χ0v) is 12.8. The van der Waals surface area contributed by atoms with Crippen LogP contribution in [0.3, 0.4) is 0 Å². The summed E-state index contributed by atoms with van der Waals surface area (Å²) in [6, 6.07) is 13.5. The minimum Gasteiger partial charge on any atom is -0.491 e. The van der Waals surface area contributed by atoms with Crippen LogP contribution in [0.4, 0.5) is 0 Å². The van der Waals surface area contributed by atoms with Gasteiger partial charge in [0, 0.05) is 10.6 Å². The molecule has 2 aromatic rings. The molecule has 0 fully saturated rings. The van der Waals surface area contributed by atoms with Crippen LogP contribution in [0, 0.1) is 6.92 Å². The van der Waals surface area contributed by atoms with E-state index in [0.717, 1.165) is 22.4 Å². The summed E-state index contributed by atoms with van der Waals surface area (Å²) in [5, 5.41) is 0.706. The Morgan fingerprint density at radius 1 is 1.10 bits per heavy atom. The van der Waals surface area contributed by atoms with Crippen LogP contribution in [0.25, 0.3) is 0 Å². The minimum absolute atomic E-state index is 0.115. The van der Waals surface area contributed by atoms with Crippen molar-refractivity contribution in [3.63, 3.8) is 0 Å². The highest BCUT2D eigenvalue weighted by Gasteiger charge is 2.15. The van der Waals surface area contributed by atoms with E-state index in [1.54, 1.807) is 0 Å². The van der Waals surface area contributed by atoms with Crippen molar-refractivity contribution in [2.45, 2.75) is 32.9 Å². The Bertz CT molecular complexity index is 575. The molecule has 20 heavy (non-hydrogen) atoms. The number of para-hydroxylation sites is 1. The number of hydrogen-bond donors (Lipinski definition) is 1. The average molecular weight is 290 g/mol. The maximum atomic E-state index is 6.39. The van der Waals surface area contributed by atoms with Gasteiger partial charge in [-0.25, -0.2) is 0 Å². The molecule has 0 radical (unpaired) electrons. The van der Waals surface area contributed by atoms with E-state index in [0.29, 0.717) is 5.02 Å². The Balaban J connectivity index is 2.39. The van der Waals surface area contributed by atoms with Gasteiger partial charge in [-0.2, -0.15) is 0 Å². The normalized spacial score (nSPS) is 12.5. The molecule has 1 atom stereocenters. The van der Waals surface area contributed by atoms with Crippen LogP contribution < -0.4 is 10.5 Å². The van der Waals surface area contributed by atoms with E-state index in [-0.39, 0.29) is 12.1 Å². The lowest BCUT2D eigenvalue weighted by Crippen LogP contribution is -2.15. The molecule has 0 spiro atoms. The fraction of sp³-hybridized carbons (Fsp3) is 0.294. The first-order valence-electron chi connectivity index (χ1n) is 6.75. The molecule has 2 N–H and O–H groups in total. The van der Waals surface area contributed by atoms with Crippen LogP contribution in [0.2, 0.25) is 5.02 Å². The minimum atomic E-state index is -0.248. The molecule has 0 heterocycles. The van der Waals surface area contributed by atoms with Crippen LogP contribution >= 0.6 is 11.6 Å². The molecule has 0 aliphatic carbocycles. The first-order valence-corrected chi connectivity index (χ1v) is 7.13. The lowest BCUT2D eigenvalue weighted by atomic mass is 9.97. The zero-order valence-electron chi connectivity index (χ0n) is 12.1. The molecule has 2 nitrogen and oxygen atoms in total. The molecule has 106 valence electrons. The quantitative estimate of drug-likeness (QED) is 0.900. The van der Waals surface area contributed by atoms with Gasteiger partial charge in [-0.15, -0.1) is 0 Å². The van der Waals surface area contributed by atoms with E-state index < -0.39 is 0 Å². The molecule has 0 aromatic heterocycles. The lowest BCUT2D eigenvalue weighted by molar-refractivity contribution is 0.239. The molecule has 0 aliphatic rings. The molecular formula is C17H20ClNO. The molecule has 0 saturated heterocycles. The molecule has 2 aromatic carbocycles. The van der Waals surface area contributed by atoms with E-state index >= 15 is 0 Å². The molecular weight excluding hydrogens is 270 g/mol. The number of ether oxygens (including phenoxy) is 1. The molecule has 0 saturated carbocycles. The Kier molecular flexibility index (Phi) is 4.69. The van der Waals surface area contributed by atoms with Crippen molar-refractivity contribution in [1.82, 2.24) is 0 Å². The van der Waals surface area contributed by atoms with Gasteiger partial charge in [0.1, 0.15) is 5.75 Å². The number of benzene rings is 2.